The molecule has 1 N–H and O–H groups in total. The zero-order valence-corrected chi connectivity index (χ0v) is 17.0. The summed E-state index contributed by atoms with van der Waals surface area (Å²) >= 11 is 1.37. The highest BCUT2D eigenvalue weighted by atomic mass is 32.1. The molecule has 2 aromatic rings. The number of ether oxygens (including phenoxy) is 1. The van der Waals surface area contributed by atoms with Crippen LogP contribution in [0.5, 0.6) is 0 Å². The summed E-state index contributed by atoms with van der Waals surface area (Å²) in [6.07, 6.45) is 3.19. The van der Waals surface area contributed by atoms with Crippen LogP contribution in [-0.4, -0.2) is 40.1 Å². The molecule has 1 saturated heterocycles. The molecule has 1 atom stereocenters. The fourth-order valence-corrected chi connectivity index (χ4v) is 3.87. The first-order valence-corrected chi connectivity index (χ1v) is 10.0. The molecule has 150 valence electrons. The van der Waals surface area contributed by atoms with Crippen molar-refractivity contribution in [2.45, 2.75) is 51.7 Å². The maximum absolute atomic E-state index is 13.0. The molecule has 0 unspecified atom stereocenters. The van der Waals surface area contributed by atoms with Gasteiger partial charge >= 0.3 is 6.09 Å². The number of aromatic nitrogens is 1. The van der Waals surface area contributed by atoms with E-state index in [9.17, 15) is 14.0 Å². The van der Waals surface area contributed by atoms with Crippen LogP contribution in [0.1, 0.15) is 44.1 Å². The molecular formula is C20H24FN3O3S. The average Bonchev–Trinajstić information content (AvgIpc) is 3.25. The summed E-state index contributed by atoms with van der Waals surface area (Å²) in [5.74, 6) is -0.529. The zero-order valence-electron chi connectivity index (χ0n) is 16.2. The number of likely N-dealkylation sites (tertiary alicyclic amines) is 1. The van der Waals surface area contributed by atoms with E-state index < -0.39 is 17.7 Å². The number of nitrogens with zero attached hydrogens (tertiary/aromatic N) is 2. The lowest BCUT2D eigenvalue weighted by atomic mass is 10.1. The molecule has 2 amide bonds. The second-order valence-corrected chi connectivity index (χ2v) is 8.87. The van der Waals surface area contributed by atoms with Crippen molar-refractivity contribution in [3.63, 3.8) is 0 Å². The fourth-order valence-electron chi connectivity index (χ4n) is 3.02. The Morgan fingerprint density at radius 2 is 2.04 bits per heavy atom. The van der Waals surface area contributed by atoms with E-state index in [0.29, 0.717) is 24.5 Å². The van der Waals surface area contributed by atoms with Gasteiger partial charge in [0.15, 0.2) is 5.13 Å². The van der Waals surface area contributed by atoms with Gasteiger partial charge in [-0.2, -0.15) is 0 Å². The van der Waals surface area contributed by atoms with Crippen molar-refractivity contribution in [2.75, 3.05) is 11.9 Å². The summed E-state index contributed by atoms with van der Waals surface area (Å²) in [7, 11) is 0. The molecular weight excluding hydrogens is 381 g/mol. The number of carbonyl (C=O) groups is 2. The maximum Gasteiger partial charge on any atom is 0.410 e. The lowest BCUT2D eigenvalue weighted by Gasteiger charge is -2.27. The van der Waals surface area contributed by atoms with Crippen molar-refractivity contribution in [3.8, 4) is 0 Å². The Hall–Kier alpha value is -2.48. The highest BCUT2D eigenvalue weighted by Gasteiger charge is 2.36. The van der Waals surface area contributed by atoms with Gasteiger partial charge in [-0.25, -0.2) is 14.2 Å². The Balaban J connectivity index is 1.60. The standard InChI is InChI=1S/C20H24FN3O3S/c1-20(2,3)27-19(26)24-10-4-5-16(24)17(25)23-18-22-12-15(28-18)11-13-6-8-14(21)9-7-13/h6-9,12,16H,4-5,10-11H2,1-3H3,(H,22,23,25)/t16-/m0/s1. The fraction of sp³-hybridized carbons (Fsp3) is 0.450. The Labute approximate surface area is 167 Å². The Kier molecular flexibility index (Phi) is 5.98. The molecule has 1 aromatic carbocycles. The molecule has 1 aliphatic heterocycles. The Bertz CT molecular complexity index is 845. The Morgan fingerprint density at radius 3 is 2.71 bits per heavy atom. The minimum absolute atomic E-state index is 0.258. The van der Waals surface area contributed by atoms with E-state index in [4.69, 9.17) is 4.74 Å². The predicted molar refractivity (Wildman–Crippen MR) is 106 cm³/mol. The molecule has 1 fully saturated rings. The van der Waals surface area contributed by atoms with E-state index in [1.165, 1.54) is 28.4 Å². The number of hydrogen-bond acceptors (Lipinski definition) is 5. The SMILES string of the molecule is CC(C)(C)OC(=O)N1CCC[C@H]1C(=O)Nc1ncc(Cc2ccc(F)cc2)s1. The van der Waals surface area contributed by atoms with Crippen LogP contribution in [0.15, 0.2) is 30.5 Å². The van der Waals surface area contributed by atoms with E-state index in [-0.39, 0.29) is 11.7 Å². The highest BCUT2D eigenvalue weighted by Crippen LogP contribution is 2.25. The van der Waals surface area contributed by atoms with Crippen LogP contribution < -0.4 is 5.32 Å². The number of carbonyl (C=O) groups excluding carboxylic acids is 2. The van der Waals surface area contributed by atoms with Gasteiger partial charge in [-0.1, -0.05) is 12.1 Å². The third kappa shape index (κ3) is 5.28. The van der Waals surface area contributed by atoms with Crippen molar-refractivity contribution >= 4 is 28.5 Å². The molecule has 28 heavy (non-hydrogen) atoms. The summed E-state index contributed by atoms with van der Waals surface area (Å²) in [6.45, 7) is 5.90. The molecule has 6 nitrogen and oxygen atoms in total. The summed E-state index contributed by atoms with van der Waals surface area (Å²) < 4.78 is 18.4. The van der Waals surface area contributed by atoms with Gasteiger partial charge in [0.2, 0.25) is 5.91 Å². The van der Waals surface area contributed by atoms with Crippen molar-refractivity contribution < 1.29 is 18.7 Å². The first kappa shape index (κ1) is 20.3. The number of anilines is 1. The van der Waals surface area contributed by atoms with Gasteiger partial charge in [0, 0.05) is 24.0 Å². The van der Waals surface area contributed by atoms with Gasteiger partial charge in [0.25, 0.3) is 0 Å². The molecule has 1 aliphatic rings. The molecule has 1 aromatic heterocycles. The lowest BCUT2D eigenvalue weighted by Crippen LogP contribution is -2.45. The first-order chi connectivity index (χ1) is 13.2. The van der Waals surface area contributed by atoms with Crippen LogP contribution in [0, 0.1) is 5.82 Å². The van der Waals surface area contributed by atoms with Crippen LogP contribution >= 0.6 is 11.3 Å². The molecule has 8 heteroatoms. The minimum atomic E-state index is -0.606. The molecule has 3 rings (SSSR count). The second kappa shape index (κ2) is 8.26. The summed E-state index contributed by atoms with van der Waals surface area (Å²) in [5.41, 5.74) is 0.362. The number of thiazole rings is 1. The number of halogens is 1. The van der Waals surface area contributed by atoms with Crippen molar-refractivity contribution in [1.29, 1.82) is 0 Å². The third-order valence-electron chi connectivity index (χ3n) is 4.26. The number of benzene rings is 1. The smallest absolute Gasteiger partial charge is 0.410 e. The van der Waals surface area contributed by atoms with Gasteiger partial charge in [-0.05, 0) is 51.3 Å². The molecule has 0 saturated carbocycles. The van der Waals surface area contributed by atoms with Crippen molar-refractivity contribution in [3.05, 3.63) is 46.7 Å². The van der Waals surface area contributed by atoms with Crippen LogP contribution in [0.2, 0.25) is 0 Å². The molecule has 0 aliphatic carbocycles. The summed E-state index contributed by atoms with van der Waals surface area (Å²) in [6, 6.07) is 5.74. The largest absolute Gasteiger partial charge is 0.444 e. The second-order valence-electron chi connectivity index (χ2n) is 7.76. The molecule has 0 bridgehead atoms. The monoisotopic (exact) mass is 405 g/mol. The quantitative estimate of drug-likeness (QED) is 0.827. The zero-order chi connectivity index (χ0) is 20.3. The Morgan fingerprint density at radius 1 is 1.32 bits per heavy atom. The minimum Gasteiger partial charge on any atom is -0.444 e. The molecule has 0 spiro atoms. The predicted octanol–water partition coefficient (Wildman–Crippen LogP) is 4.21. The van der Waals surface area contributed by atoms with E-state index >= 15 is 0 Å². The number of nitrogens with one attached hydrogen (secondary N) is 1. The van der Waals surface area contributed by atoms with E-state index in [2.05, 4.69) is 10.3 Å². The van der Waals surface area contributed by atoms with Crippen molar-refractivity contribution in [1.82, 2.24) is 9.88 Å². The topological polar surface area (TPSA) is 71.5 Å². The van der Waals surface area contributed by atoms with Gasteiger partial charge in [-0.3, -0.25) is 9.69 Å². The van der Waals surface area contributed by atoms with E-state index in [1.807, 2.05) is 0 Å². The number of rotatable bonds is 4. The van der Waals surface area contributed by atoms with Crippen LogP contribution in [0.4, 0.5) is 14.3 Å². The van der Waals surface area contributed by atoms with Crippen LogP contribution in [0.3, 0.4) is 0 Å². The van der Waals surface area contributed by atoms with E-state index in [1.54, 1.807) is 39.1 Å². The maximum atomic E-state index is 13.0. The lowest BCUT2D eigenvalue weighted by molar-refractivity contribution is -0.120. The molecule has 0 radical (unpaired) electrons. The first-order valence-electron chi connectivity index (χ1n) is 9.21. The number of amides is 2. The van der Waals surface area contributed by atoms with Gasteiger partial charge in [0.05, 0.1) is 0 Å². The number of hydrogen-bond donors (Lipinski definition) is 1. The normalized spacial score (nSPS) is 16.9. The summed E-state index contributed by atoms with van der Waals surface area (Å²) in [4.78, 5) is 31.7. The third-order valence-corrected chi connectivity index (χ3v) is 5.17. The van der Waals surface area contributed by atoms with E-state index in [0.717, 1.165) is 16.9 Å². The van der Waals surface area contributed by atoms with Gasteiger partial charge < -0.3 is 10.1 Å². The molecule has 2 heterocycles. The van der Waals surface area contributed by atoms with Crippen LogP contribution in [-0.2, 0) is 16.0 Å². The average molecular weight is 405 g/mol. The summed E-state index contributed by atoms with van der Waals surface area (Å²) in [5, 5.41) is 3.29. The highest BCUT2D eigenvalue weighted by molar-refractivity contribution is 7.15. The van der Waals surface area contributed by atoms with Gasteiger partial charge in [0.1, 0.15) is 17.5 Å². The van der Waals surface area contributed by atoms with Crippen molar-refractivity contribution in [2.24, 2.45) is 0 Å². The van der Waals surface area contributed by atoms with Gasteiger partial charge in [-0.15, -0.1) is 11.3 Å². The van der Waals surface area contributed by atoms with Crippen LogP contribution in [0.25, 0.3) is 0 Å².